The van der Waals surface area contributed by atoms with E-state index in [1.807, 2.05) is 6.92 Å². The highest BCUT2D eigenvalue weighted by atomic mass is 35.5. The minimum atomic E-state index is -0.131. The Balaban J connectivity index is 0.00000361. The molecule has 4 nitrogen and oxygen atoms in total. The van der Waals surface area contributed by atoms with Crippen molar-refractivity contribution in [3.05, 3.63) is 23.8 Å². The van der Waals surface area contributed by atoms with E-state index in [9.17, 15) is 4.79 Å². The Morgan fingerprint density at radius 1 is 1.20 bits per heavy atom. The van der Waals surface area contributed by atoms with Crippen molar-refractivity contribution in [3.8, 4) is 11.5 Å². The number of Topliss-reactive ketones (excluding diaryl/α,β-unsaturated/α-hetero) is 1. The van der Waals surface area contributed by atoms with Gasteiger partial charge in [0.05, 0.1) is 20.3 Å². The summed E-state index contributed by atoms with van der Waals surface area (Å²) in [5, 5.41) is 3.23. The summed E-state index contributed by atoms with van der Waals surface area (Å²) in [6, 6.07) is 5.15. The van der Waals surface area contributed by atoms with Crippen LogP contribution in [0.1, 0.15) is 37.0 Å². The largest absolute Gasteiger partial charge is 0.493 e. The molecule has 0 radical (unpaired) electrons. The van der Waals surface area contributed by atoms with E-state index in [1.165, 1.54) is 0 Å². The second kappa shape index (κ2) is 9.61. The normalized spacial score (nSPS) is 11.4. The molecule has 0 spiro atoms. The summed E-state index contributed by atoms with van der Waals surface area (Å²) in [6.45, 7) is 4.86. The predicted octanol–water partition coefficient (Wildman–Crippen LogP) is 3.09. The molecule has 0 aliphatic carbocycles. The van der Waals surface area contributed by atoms with Crippen molar-refractivity contribution in [3.63, 3.8) is 0 Å². The van der Waals surface area contributed by atoms with Gasteiger partial charge in [0.15, 0.2) is 17.3 Å². The zero-order chi connectivity index (χ0) is 14.3. The average Bonchev–Trinajstić information content (AvgIpc) is 2.45. The van der Waals surface area contributed by atoms with Gasteiger partial charge < -0.3 is 14.8 Å². The molecule has 1 atom stereocenters. The van der Waals surface area contributed by atoms with Gasteiger partial charge in [0.25, 0.3) is 0 Å². The van der Waals surface area contributed by atoms with Crippen LogP contribution in [0.25, 0.3) is 0 Å². The van der Waals surface area contributed by atoms with Crippen molar-refractivity contribution in [1.29, 1.82) is 0 Å². The quantitative estimate of drug-likeness (QED) is 0.750. The molecule has 1 rings (SSSR count). The van der Waals surface area contributed by atoms with E-state index in [4.69, 9.17) is 9.47 Å². The predicted molar refractivity (Wildman–Crippen MR) is 83.5 cm³/mol. The van der Waals surface area contributed by atoms with E-state index < -0.39 is 0 Å². The highest BCUT2D eigenvalue weighted by Gasteiger charge is 2.19. The molecule has 0 aromatic heterocycles. The molecule has 1 aromatic rings. The van der Waals surface area contributed by atoms with Gasteiger partial charge in [-0.05, 0) is 31.2 Å². The first kappa shape index (κ1) is 18.7. The lowest BCUT2D eigenvalue weighted by Gasteiger charge is -2.16. The third-order valence-electron chi connectivity index (χ3n) is 3.01. The highest BCUT2D eigenvalue weighted by Crippen LogP contribution is 2.28. The van der Waals surface area contributed by atoms with Crippen molar-refractivity contribution < 1.29 is 14.3 Å². The molecule has 0 aliphatic rings. The van der Waals surface area contributed by atoms with Crippen molar-refractivity contribution in [2.75, 3.05) is 20.8 Å². The van der Waals surface area contributed by atoms with Crippen LogP contribution in [0, 0.1) is 0 Å². The van der Waals surface area contributed by atoms with Crippen molar-refractivity contribution >= 4 is 18.2 Å². The van der Waals surface area contributed by atoms with Crippen molar-refractivity contribution in [2.24, 2.45) is 0 Å². The molecular weight excluding hydrogens is 278 g/mol. The molecule has 0 fully saturated rings. The fraction of sp³-hybridized carbons (Fsp3) is 0.533. The SMILES string of the molecule is CCCC(NCC)C(=O)c1ccc(OC)c(OC)c1.Cl. The summed E-state index contributed by atoms with van der Waals surface area (Å²) in [6.07, 6.45) is 1.80. The van der Waals surface area contributed by atoms with E-state index in [0.29, 0.717) is 17.1 Å². The summed E-state index contributed by atoms with van der Waals surface area (Å²) in [5.41, 5.74) is 0.650. The molecule has 1 aromatic carbocycles. The number of ketones is 1. The Hall–Kier alpha value is -1.26. The topological polar surface area (TPSA) is 47.6 Å². The standard InChI is InChI=1S/C15H23NO3.ClH/c1-5-7-12(16-6-2)15(17)11-8-9-13(18-3)14(10-11)19-4;/h8-10,12,16H,5-7H2,1-4H3;1H. The number of nitrogens with one attached hydrogen (secondary N) is 1. The summed E-state index contributed by atoms with van der Waals surface area (Å²) in [5.74, 6) is 1.32. The Morgan fingerprint density at radius 2 is 1.85 bits per heavy atom. The van der Waals surface area contributed by atoms with Gasteiger partial charge in [0.1, 0.15) is 0 Å². The highest BCUT2D eigenvalue weighted by molar-refractivity contribution is 6.00. The zero-order valence-corrected chi connectivity index (χ0v) is 13.4. The molecule has 1 unspecified atom stereocenters. The molecule has 1 N–H and O–H groups in total. The Labute approximate surface area is 127 Å². The van der Waals surface area contributed by atoms with Crippen LogP contribution in [0.4, 0.5) is 0 Å². The van der Waals surface area contributed by atoms with Crippen molar-refractivity contribution in [1.82, 2.24) is 5.32 Å². The van der Waals surface area contributed by atoms with Gasteiger partial charge >= 0.3 is 0 Å². The summed E-state index contributed by atoms with van der Waals surface area (Å²) in [4.78, 5) is 12.4. The minimum absolute atomic E-state index is 0. The number of benzene rings is 1. The number of carbonyl (C=O) groups excluding carboxylic acids is 1. The van der Waals surface area contributed by atoms with Crippen LogP contribution in [0.5, 0.6) is 11.5 Å². The molecule has 0 aliphatic heterocycles. The summed E-state index contributed by atoms with van der Waals surface area (Å²) >= 11 is 0. The van der Waals surface area contributed by atoms with Gasteiger partial charge in [0.2, 0.25) is 0 Å². The molecule has 5 heteroatoms. The van der Waals surface area contributed by atoms with E-state index in [-0.39, 0.29) is 24.2 Å². The Morgan fingerprint density at radius 3 is 2.35 bits per heavy atom. The molecule has 20 heavy (non-hydrogen) atoms. The fourth-order valence-electron chi connectivity index (χ4n) is 2.05. The molecule has 0 saturated heterocycles. The Bertz CT molecular complexity index is 418. The first-order valence-electron chi connectivity index (χ1n) is 6.67. The van der Waals surface area contributed by atoms with Crippen LogP contribution in [0.3, 0.4) is 0 Å². The molecule has 0 heterocycles. The van der Waals surface area contributed by atoms with E-state index in [2.05, 4.69) is 12.2 Å². The number of halogens is 1. The van der Waals surface area contributed by atoms with Crippen LogP contribution in [0.15, 0.2) is 18.2 Å². The first-order valence-corrected chi connectivity index (χ1v) is 6.67. The van der Waals surface area contributed by atoms with E-state index in [1.54, 1.807) is 32.4 Å². The van der Waals surface area contributed by atoms with Crippen LogP contribution >= 0.6 is 12.4 Å². The second-order valence-electron chi connectivity index (χ2n) is 4.33. The average molecular weight is 302 g/mol. The summed E-state index contributed by atoms with van der Waals surface area (Å²) in [7, 11) is 3.15. The monoisotopic (exact) mass is 301 g/mol. The maximum absolute atomic E-state index is 12.4. The molecule has 114 valence electrons. The lowest BCUT2D eigenvalue weighted by Crippen LogP contribution is -2.36. The lowest BCUT2D eigenvalue weighted by atomic mass is 10.00. The molecular formula is C15H24ClNO3. The number of ether oxygens (including phenoxy) is 2. The van der Waals surface area contributed by atoms with E-state index >= 15 is 0 Å². The fourth-order valence-corrected chi connectivity index (χ4v) is 2.05. The third kappa shape index (κ3) is 4.69. The number of hydrogen-bond acceptors (Lipinski definition) is 4. The number of carbonyl (C=O) groups is 1. The summed E-state index contributed by atoms with van der Waals surface area (Å²) < 4.78 is 10.4. The molecule has 0 saturated carbocycles. The first-order chi connectivity index (χ1) is 9.17. The number of methoxy groups -OCH3 is 2. The number of likely N-dealkylation sites (N-methyl/N-ethyl adjacent to an activating group) is 1. The van der Waals surface area contributed by atoms with Gasteiger partial charge in [-0.15, -0.1) is 12.4 Å². The minimum Gasteiger partial charge on any atom is -0.493 e. The van der Waals surface area contributed by atoms with Crippen LogP contribution in [-0.2, 0) is 0 Å². The number of hydrogen-bond donors (Lipinski definition) is 1. The van der Waals surface area contributed by atoms with E-state index in [0.717, 1.165) is 19.4 Å². The van der Waals surface area contributed by atoms with Crippen LogP contribution in [-0.4, -0.2) is 32.6 Å². The maximum atomic E-state index is 12.4. The van der Waals surface area contributed by atoms with Gasteiger partial charge in [-0.1, -0.05) is 20.3 Å². The lowest BCUT2D eigenvalue weighted by molar-refractivity contribution is 0.0938. The van der Waals surface area contributed by atoms with Gasteiger partial charge in [-0.3, -0.25) is 4.79 Å². The Kier molecular flexibility index (Phi) is 9.01. The van der Waals surface area contributed by atoms with Crippen LogP contribution < -0.4 is 14.8 Å². The maximum Gasteiger partial charge on any atom is 0.179 e. The van der Waals surface area contributed by atoms with Crippen LogP contribution in [0.2, 0.25) is 0 Å². The smallest absolute Gasteiger partial charge is 0.179 e. The third-order valence-corrected chi connectivity index (χ3v) is 3.01. The second-order valence-corrected chi connectivity index (χ2v) is 4.33. The number of rotatable bonds is 8. The molecule has 0 amide bonds. The van der Waals surface area contributed by atoms with Crippen molar-refractivity contribution in [2.45, 2.75) is 32.7 Å². The van der Waals surface area contributed by atoms with Gasteiger partial charge in [-0.2, -0.15) is 0 Å². The molecule has 0 bridgehead atoms. The zero-order valence-electron chi connectivity index (χ0n) is 12.6. The van der Waals surface area contributed by atoms with Gasteiger partial charge in [0, 0.05) is 5.56 Å². The van der Waals surface area contributed by atoms with Gasteiger partial charge in [-0.25, -0.2) is 0 Å².